The van der Waals surface area contributed by atoms with E-state index in [-0.39, 0.29) is 33.0 Å². The van der Waals surface area contributed by atoms with Crippen LogP contribution in [0.4, 0.5) is 0 Å². The second-order valence-electron chi connectivity index (χ2n) is 4.62. The number of hydrogen-bond acceptors (Lipinski definition) is 3. The molecule has 7 heteroatoms. The Hall–Kier alpha value is -0.523. The Kier molecular flexibility index (Phi) is 10.0. The van der Waals surface area contributed by atoms with Crippen LogP contribution in [0.3, 0.4) is 0 Å². The molecule has 0 aliphatic carbocycles. The van der Waals surface area contributed by atoms with Crippen molar-refractivity contribution < 1.29 is 14.3 Å². The molecule has 0 N–H and O–H groups in total. The first-order chi connectivity index (χ1) is 11.1. The molecule has 0 spiro atoms. The maximum absolute atomic E-state index is 12.4. The van der Waals surface area contributed by atoms with E-state index in [4.69, 9.17) is 32.7 Å². The van der Waals surface area contributed by atoms with Crippen LogP contribution >= 0.6 is 31.8 Å². The van der Waals surface area contributed by atoms with E-state index in [1.165, 1.54) is 0 Å². The third-order valence-corrected chi connectivity index (χ3v) is 4.73. The molecule has 2 rings (SSSR count). The third-order valence-electron chi connectivity index (χ3n) is 3.00. The van der Waals surface area contributed by atoms with Gasteiger partial charge in [-0.25, -0.2) is 0 Å². The predicted molar refractivity (Wildman–Crippen MR) is 104 cm³/mol. The number of halogens is 2. The van der Waals surface area contributed by atoms with Gasteiger partial charge in [0.1, 0.15) is 12.4 Å². The summed E-state index contributed by atoms with van der Waals surface area (Å²) in [5, 5.41) is 1.67. The summed E-state index contributed by atoms with van der Waals surface area (Å²) >= 11 is 12.1. The molecular weight excluding hydrogens is 361 g/mol. The Labute approximate surface area is 166 Å². The van der Waals surface area contributed by atoms with Crippen molar-refractivity contribution in [3.8, 4) is 5.75 Å². The summed E-state index contributed by atoms with van der Waals surface area (Å²) in [6, 6.07) is 12.5. The van der Waals surface area contributed by atoms with Gasteiger partial charge in [0.25, 0.3) is 0 Å². The van der Waals surface area contributed by atoms with E-state index in [0.717, 1.165) is 11.1 Å². The summed E-state index contributed by atoms with van der Waals surface area (Å²) in [7, 11) is -0.0409. The van der Waals surface area contributed by atoms with Gasteiger partial charge in [0.05, 0.1) is 22.2 Å². The third kappa shape index (κ3) is 6.41. The number of carbonyl (C=O) groups excluding carboxylic acids is 1. The maximum atomic E-state index is 12.4. The minimum absolute atomic E-state index is 0. The van der Waals surface area contributed by atoms with Crippen LogP contribution in [-0.4, -0.2) is 44.2 Å². The van der Waals surface area contributed by atoms with Gasteiger partial charge in [0.15, 0.2) is 5.52 Å². The quantitative estimate of drug-likeness (QED) is 0.397. The molecule has 0 aliphatic rings. The average molecular weight is 379 g/mol. The van der Waals surface area contributed by atoms with Crippen LogP contribution in [0.1, 0.15) is 17.3 Å². The Morgan fingerprint density at radius 3 is 2.25 bits per heavy atom. The van der Waals surface area contributed by atoms with E-state index < -0.39 is 0 Å². The molecule has 2 aromatic carbocycles. The zero-order valence-electron chi connectivity index (χ0n) is 12.6. The van der Waals surface area contributed by atoms with E-state index in [0.29, 0.717) is 35.4 Å². The SMILES string of the molecule is CCOCCOc1ccc(PC(=O)c2c(Cl)cccc2Cl)cc1.[LiH]. The fourth-order valence-corrected chi connectivity index (χ4v) is 3.62. The number of rotatable bonds is 8. The van der Waals surface area contributed by atoms with Gasteiger partial charge in [0.2, 0.25) is 0 Å². The van der Waals surface area contributed by atoms with E-state index in [1.807, 2.05) is 31.2 Å². The molecule has 0 bridgehead atoms. The van der Waals surface area contributed by atoms with E-state index >= 15 is 0 Å². The van der Waals surface area contributed by atoms with Crippen molar-refractivity contribution in [2.24, 2.45) is 0 Å². The molecule has 0 aliphatic heterocycles. The van der Waals surface area contributed by atoms with Crippen LogP contribution in [0.25, 0.3) is 0 Å². The molecule has 124 valence electrons. The Balaban J connectivity index is 0.00000288. The van der Waals surface area contributed by atoms with Gasteiger partial charge in [-0.1, -0.05) is 41.4 Å². The fraction of sp³-hybridized carbons (Fsp3) is 0.235. The van der Waals surface area contributed by atoms with Crippen molar-refractivity contribution in [2.75, 3.05) is 19.8 Å². The summed E-state index contributed by atoms with van der Waals surface area (Å²) < 4.78 is 10.8. The number of hydrogen-bond donors (Lipinski definition) is 0. The molecule has 0 fully saturated rings. The second-order valence-corrected chi connectivity index (χ2v) is 6.72. The molecule has 1 atom stereocenters. The van der Waals surface area contributed by atoms with Gasteiger partial charge in [-0.3, -0.25) is 4.79 Å². The van der Waals surface area contributed by atoms with Crippen molar-refractivity contribution in [1.29, 1.82) is 0 Å². The predicted octanol–water partition coefficient (Wildman–Crippen LogP) is 3.90. The normalized spacial score (nSPS) is 10.6. The van der Waals surface area contributed by atoms with Gasteiger partial charge in [-0.05, 0) is 45.1 Å². The molecule has 2 aromatic rings. The van der Waals surface area contributed by atoms with Crippen LogP contribution in [-0.2, 0) is 4.74 Å². The monoisotopic (exact) mass is 378 g/mol. The number of ether oxygens (including phenoxy) is 2. The number of benzene rings is 2. The van der Waals surface area contributed by atoms with Crippen molar-refractivity contribution in [3.63, 3.8) is 0 Å². The molecule has 24 heavy (non-hydrogen) atoms. The standard InChI is InChI=1S/C17H17Cl2O3P.Li.H/c1-2-21-10-11-22-12-6-8-13(9-7-12)23-17(20)16-14(18)4-3-5-15(16)19;;/h3-9,23H,2,10-11H2,1H3;;. The van der Waals surface area contributed by atoms with E-state index in [1.54, 1.807) is 18.2 Å². The Morgan fingerprint density at radius 2 is 1.67 bits per heavy atom. The molecule has 1 unspecified atom stereocenters. The Bertz CT molecular complexity index is 645. The van der Waals surface area contributed by atoms with E-state index in [9.17, 15) is 4.79 Å². The van der Waals surface area contributed by atoms with Crippen molar-refractivity contribution in [3.05, 3.63) is 58.1 Å². The molecule has 0 amide bonds. The summed E-state index contributed by atoms with van der Waals surface area (Å²) in [4.78, 5) is 12.4. The van der Waals surface area contributed by atoms with Gasteiger partial charge < -0.3 is 9.47 Å². The fourth-order valence-electron chi connectivity index (χ4n) is 1.91. The van der Waals surface area contributed by atoms with Gasteiger partial charge in [0, 0.05) is 6.61 Å². The molecule has 3 nitrogen and oxygen atoms in total. The molecule has 0 saturated carbocycles. The van der Waals surface area contributed by atoms with E-state index in [2.05, 4.69) is 0 Å². The van der Waals surface area contributed by atoms with Gasteiger partial charge >= 0.3 is 18.9 Å². The first-order valence-electron chi connectivity index (χ1n) is 7.17. The minimum atomic E-state index is -0.0781. The zero-order chi connectivity index (χ0) is 16.7. The summed E-state index contributed by atoms with van der Waals surface area (Å²) in [6.07, 6.45) is 0. The van der Waals surface area contributed by atoms with Crippen LogP contribution in [0, 0.1) is 0 Å². The summed E-state index contributed by atoms with van der Waals surface area (Å²) in [5.41, 5.74) is 0.303. The van der Waals surface area contributed by atoms with Gasteiger partial charge in [-0.2, -0.15) is 0 Å². The molecule has 0 aromatic heterocycles. The van der Waals surface area contributed by atoms with Crippen molar-refractivity contribution in [1.82, 2.24) is 0 Å². The molecule has 0 heterocycles. The Morgan fingerprint density at radius 1 is 1.04 bits per heavy atom. The topological polar surface area (TPSA) is 35.5 Å². The van der Waals surface area contributed by atoms with Crippen molar-refractivity contribution >= 4 is 61.5 Å². The second kappa shape index (κ2) is 11.2. The first-order valence-corrected chi connectivity index (χ1v) is 8.93. The van der Waals surface area contributed by atoms with Crippen LogP contribution in [0.15, 0.2) is 42.5 Å². The van der Waals surface area contributed by atoms with Crippen LogP contribution < -0.4 is 10.0 Å². The molecular formula is C17H18Cl2LiO3P. The zero-order valence-corrected chi connectivity index (χ0v) is 15.2. The summed E-state index contributed by atoms with van der Waals surface area (Å²) in [5.74, 6) is 0.751. The molecule has 0 saturated heterocycles. The van der Waals surface area contributed by atoms with Crippen molar-refractivity contribution in [2.45, 2.75) is 6.92 Å². The van der Waals surface area contributed by atoms with Gasteiger partial charge in [-0.15, -0.1) is 0 Å². The van der Waals surface area contributed by atoms with Crippen LogP contribution in [0.5, 0.6) is 5.75 Å². The number of carbonyl (C=O) groups is 1. The summed E-state index contributed by atoms with van der Waals surface area (Å²) in [6.45, 7) is 3.68. The van der Waals surface area contributed by atoms with Crippen LogP contribution in [0.2, 0.25) is 10.0 Å². The average Bonchev–Trinajstić information content (AvgIpc) is 2.53. The molecule has 0 radical (unpaired) electrons. The first kappa shape index (κ1) is 21.5.